The van der Waals surface area contributed by atoms with Crippen molar-refractivity contribution in [1.29, 1.82) is 0 Å². The summed E-state index contributed by atoms with van der Waals surface area (Å²) in [4.78, 5) is 28.2. The van der Waals surface area contributed by atoms with Gasteiger partial charge in [0, 0.05) is 54.1 Å². The second kappa shape index (κ2) is 16.3. The van der Waals surface area contributed by atoms with E-state index in [4.69, 9.17) is 19.6 Å². The number of carbonyl (C=O) groups excluding carboxylic acids is 1. The number of nitrogens with two attached hydrogens (primary N) is 1. The number of aliphatic hydroxyl groups is 3. The van der Waals surface area contributed by atoms with Crippen molar-refractivity contribution in [2.45, 2.75) is 95.6 Å². The van der Waals surface area contributed by atoms with Crippen molar-refractivity contribution in [1.82, 2.24) is 16.0 Å². The number of carbonyl (C=O) groups is 1. The SMILES string of the molecule is C/C=C(/CO)C(=O)O[C@@H]1Cc2c3c(c4oc(CO)cc(=O)c4c2O)[C@@H]2C4=CCNC(N)=C4[C@@H](CCc4ccc(O)cc4[C@H]2CO)[C@@H]2CCC4=CC(NCC)NC=C4C[C@@H]2[C@]1(C)O3. The number of aliphatic hydroxyl groups excluding tert-OH is 3. The van der Waals surface area contributed by atoms with E-state index in [1.807, 2.05) is 13.0 Å². The Morgan fingerprint density at radius 2 is 1.94 bits per heavy atom. The second-order valence-electron chi connectivity index (χ2n) is 17.6. The lowest BCUT2D eigenvalue weighted by Gasteiger charge is -2.52. The first-order valence-corrected chi connectivity index (χ1v) is 21.8. The van der Waals surface area contributed by atoms with Gasteiger partial charge < -0.3 is 55.8 Å². The fourth-order valence-electron chi connectivity index (χ4n) is 11.5. The maximum absolute atomic E-state index is 14.2. The van der Waals surface area contributed by atoms with Gasteiger partial charge in [0.1, 0.15) is 58.1 Å². The number of aromatic hydroxyl groups is 2. The summed E-state index contributed by atoms with van der Waals surface area (Å²) in [7, 11) is 0. The van der Waals surface area contributed by atoms with Crippen LogP contribution in [0.15, 0.2) is 91.6 Å². The summed E-state index contributed by atoms with van der Waals surface area (Å²) < 4.78 is 20.5. The number of phenolic OH excluding ortho intramolecular Hbond substituents is 2. The van der Waals surface area contributed by atoms with E-state index < -0.39 is 60.5 Å². The van der Waals surface area contributed by atoms with Crippen LogP contribution in [0.25, 0.3) is 11.0 Å². The van der Waals surface area contributed by atoms with E-state index in [0.29, 0.717) is 49.2 Å². The zero-order chi connectivity index (χ0) is 43.6. The molecule has 1 saturated carbocycles. The Labute approximate surface area is 359 Å². The molecule has 14 heteroatoms. The molecule has 0 amide bonds. The number of dihydropyridines is 2. The predicted molar refractivity (Wildman–Crippen MR) is 231 cm³/mol. The number of esters is 1. The van der Waals surface area contributed by atoms with E-state index in [-0.39, 0.29) is 69.7 Å². The number of nitrogens with one attached hydrogen (secondary N) is 3. The summed E-state index contributed by atoms with van der Waals surface area (Å²) >= 11 is 0. The van der Waals surface area contributed by atoms with Crippen molar-refractivity contribution >= 4 is 16.9 Å². The molecule has 6 aliphatic rings. The van der Waals surface area contributed by atoms with Gasteiger partial charge >= 0.3 is 5.97 Å². The minimum atomic E-state index is -1.32. The van der Waals surface area contributed by atoms with Crippen molar-refractivity contribution < 1.29 is 44.2 Å². The van der Waals surface area contributed by atoms with Crippen LogP contribution < -0.4 is 31.8 Å². The average molecular weight is 849 g/mol. The zero-order valence-electron chi connectivity index (χ0n) is 35.3. The summed E-state index contributed by atoms with van der Waals surface area (Å²) in [6.07, 6.45) is 9.90. The van der Waals surface area contributed by atoms with Crippen LogP contribution in [0, 0.1) is 17.8 Å². The molecule has 5 heterocycles. The summed E-state index contributed by atoms with van der Waals surface area (Å²) in [6.45, 7) is 5.25. The molecule has 62 heavy (non-hydrogen) atoms. The molecular weight excluding hydrogens is 793 g/mol. The Morgan fingerprint density at radius 1 is 1.11 bits per heavy atom. The Morgan fingerprint density at radius 3 is 2.68 bits per heavy atom. The van der Waals surface area contributed by atoms with E-state index in [1.165, 1.54) is 11.6 Å². The fourth-order valence-corrected chi connectivity index (χ4v) is 11.5. The quantitative estimate of drug-likeness (QED) is 0.120. The maximum atomic E-state index is 14.2. The molecule has 2 aromatic carbocycles. The lowest BCUT2D eigenvalue weighted by molar-refractivity contribution is -0.169. The lowest BCUT2D eigenvalue weighted by Crippen LogP contribution is -2.59. The minimum Gasteiger partial charge on any atom is -0.508 e. The highest BCUT2D eigenvalue weighted by Crippen LogP contribution is 2.61. The normalized spacial score (nSPS) is 29.0. The zero-order valence-corrected chi connectivity index (χ0v) is 35.3. The largest absolute Gasteiger partial charge is 0.508 e. The summed E-state index contributed by atoms with van der Waals surface area (Å²) in [5.74, 6) is -2.78. The number of allylic oxidation sites excluding steroid dienone is 5. The van der Waals surface area contributed by atoms with Gasteiger partial charge in [0.15, 0.2) is 5.43 Å². The number of ether oxygens (including phenoxy) is 2. The number of benzene rings is 2. The van der Waals surface area contributed by atoms with Crippen LogP contribution in [-0.2, 0) is 29.0 Å². The van der Waals surface area contributed by atoms with Crippen molar-refractivity contribution in [3.63, 3.8) is 0 Å². The smallest absolute Gasteiger partial charge is 0.336 e. The Bertz CT molecular complexity index is 2550. The van der Waals surface area contributed by atoms with Crippen molar-refractivity contribution in [2.75, 3.05) is 26.3 Å². The van der Waals surface area contributed by atoms with Gasteiger partial charge in [-0.25, -0.2) is 4.79 Å². The van der Waals surface area contributed by atoms with E-state index in [1.54, 1.807) is 19.1 Å². The monoisotopic (exact) mass is 848 g/mol. The molecule has 2 aliphatic carbocycles. The van der Waals surface area contributed by atoms with Crippen molar-refractivity contribution in [2.24, 2.45) is 23.5 Å². The first-order valence-electron chi connectivity index (χ1n) is 21.8. The second-order valence-corrected chi connectivity index (χ2v) is 17.6. The highest BCUT2D eigenvalue weighted by atomic mass is 16.6. The third-order valence-corrected chi connectivity index (χ3v) is 14.5. The van der Waals surface area contributed by atoms with Crippen LogP contribution in [0.3, 0.4) is 0 Å². The van der Waals surface area contributed by atoms with E-state index >= 15 is 0 Å². The third-order valence-electron chi connectivity index (χ3n) is 14.5. The number of fused-ring (bicyclic) bond motifs is 9. The summed E-state index contributed by atoms with van der Waals surface area (Å²) in [5, 5.41) is 66.1. The average Bonchev–Trinajstić information content (AvgIpc) is 3.42. The first kappa shape index (κ1) is 41.8. The molecular formula is C48H56N4O10. The molecule has 0 saturated heterocycles. The molecule has 1 fully saturated rings. The van der Waals surface area contributed by atoms with E-state index in [0.717, 1.165) is 41.3 Å². The maximum Gasteiger partial charge on any atom is 0.336 e. The number of phenols is 2. The predicted octanol–water partition coefficient (Wildman–Crippen LogP) is 4.14. The summed E-state index contributed by atoms with van der Waals surface area (Å²) in [6, 6.07) is 6.39. The number of aryl methyl sites for hydroxylation is 1. The standard InChI is InChI=1S/C48H56N4O10/c1-4-23(20-53)47(59)61-37-18-33-43(58)41-36(57)17-28(21-54)60-45(41)42-39-31-12-13-51-46(49)40(31)30(11-7-24-6-9-27(56)16-32(24)34(39)22-55)29-10-8-25-15-38(50-5-2)52-19-26(25)14-35(29)48(37,3)62-44(33)42/h4,6,9,12,15-17,19,29-30,34-35,37-39,50-56,58H,5,7-8,10-11,13-14,18,20-22,49H2,1-3H3/b23-4-/t29-,30-,34+,35-,37+,38?,39+,48-/m0/s1. The topological polar surface area (TPSA) is 229 Å². The van der Waals surface area contributed by atoms with Crippen molar-refractivity contribution in [3.05, 3.63) is 121 Å². The molecule has 328 valence electrons. The lowest BCUT2D eigenvalue weighted by atomic mass is 9.61. The highest BCUT2D eigenvalue weighted by molar-refractivity contribution is 5.92. The molecule has 1 unspecified atom stereocenters. The van der Waals surface area contributed by atoms with Crippen LogP contribution in [0.5, 0.6) is 17.2 Å². The number of rotatable bonds is 7. The van der Waals surface area contributed by atoms with Gasteiger partial charge in [-0.05, 0) is 116 Å². The first-order chi connectivity index (χ1) is 29.9. The van der Waals surface area contributed by atoms with Crippen LogP contribution in [0.2, 0.25) is 0 Å². The Kier molecular flexibility index (Phi) is 11.0. The van der Waals surface area contributed by atoms with Gasteiger partial charge in [-0.3, -0.25) is 10.1 Å². The van der Waals surface area contributed by atoms with Gasteiger partial charge in [0.25, 0.3) is 0 Å². The van der Waals surface area contributed by atoms with Crippen LogP contribution >= 0.6 is 0 Å². The Balaban J connectivity index is 1.42. The third kappa shape index (κ3) is 6.70. The van der Waals surface area contributed by atoms with Gasteiger partial charge in [-0.15, -0.1) is 0 Å². The molecule has 8 atom stereocenters. The van der Waals surface area contributed by atoms with Gasteiger partial charge in [-0.1, -0.05) is 25.1 Å². The van der Waals surface area contributed by atoms with Crippen LogP contribution in [-0.4, -0.2) is 75.7 Å². The molecule has 14 nitrogen and oxygen atoms in total. The number of hydrogen-bond donors (Lipinski definition) is 9. The number of hydrogen-bond acceptors (Lipinski definition) is 14. The molecule has 4 bridgehead atoms. The van der Waals surface area contributed by atoms with Gasteiger partial charge in [0.05, 0.1) is 25.0 Å². The van der Waals surface area contributed by atoms with Gasteiger partial charge in [0.2, 0.25) is 0 Å². The molecule has 1 aromatic heterocycles. The molecule has 0 spiro atoms. The van der Waals surface area contributed by atoms with Crippen LogP contribution in [0.1, 0.15) is 86.3 Å². The minimum absolute atomic E-state index is 0.0118. The highest BCUT2D eigenvalue weighted by Gasteiger charge is 2.58. The van der Waals surface area contributed by atoms with Gasteiger partial charge in [-0.2, -0.15) is 0 Å². The molecule has 10 N–H and O–H groups in total. The number of likely N-dealkylation sites (N-methyl/N-ethyl adjacent to an activating group) is 1. The molecule has 4 aliphatic heterocycles. The molecule has 3 aromatic rings. The van der Waals surface area contributed by atoms with Crippen molar-refractivity contribution in [3.8, 4) is 17.2 Å². The van der Waals surface area contributed by atoms with E-state index in [2.05, 4.69) is 41.2 Å². The summed E-state index contributed by atoms with van der Waals surface area (Å²) in [5.41, 5.74) is 11.5. The fraction of sp³-hybridized carbons (Fsp3) is 0.458. The van der Waals surface area contributed by atoms with Crippen LogP contribution in [0.4, 0.5) is 0 Å². The molecule has 9 rings (SSSR count). The van der Waals surface area contributed by atoms with E-state index in [9.17, 15) is 35.1 Å². The Hall–Kier alpha value is -5.54. The molecule has 0 radical (unpaired) electrons.